The Kier molecular flexibility index (Phi) is 5.91. The third kappa shape index (κ3) is 4.46. The SMILES string of the molecule is CCC(C)(CN)C(=O)NCCS(=O)(=O)NC. The Morgan fingerprint density at radius 1 is 1.44 bits per heavy atom. The number of amides is 1. The normalized spacial score (nSPS) is 15.5. The van der Waals surface area contributed by atoms with Crippen LogP contribution in [0.3, 0.4) is 0 Å². The van der Waals surface area contributed by atoms with Gasteiger partial charge in [0.25, 0.3) is 0 Å². The van der Waals surface area contributed by atoms with Gasteiger partial charge in [-0.3, -0.25) is 4.79 Å². The van der Waals surface area contributed by atoms with Crippen LogP contribution in [0.4, 0.5) is 0 Å². The van der Waals surface area contributed by atoms with Gasteiger partial charge in [0.1, 0.15) is 0 Å². The van der Waals surface area contributed by atoms with E-state index < -0.39 is 15.4 Å². The second-order valence-corrected chi connectivity index (χ2v) is 5.94. The third-order valence-electron chi connectivity index (χ3n) is 2.75. The van der Waals surface area contributed by atoms with E-state index in [1.807, 2.05) is 6.92 Å². The zero-order valence-corrected chi connectivity index (χ0v) is 10.9. The summed E-state index contributed by atoms with van der Waals surface area (Å²) in [6, 6.07) is 0. The largest absolute Gasteiger partial charge is 0.355 e. The van der Waals surface area contributed by atoms with Crippen LogP contribution in [0.15, 0.2) is 0 Å². The minimum absolute atomic E-state index is 0.0948. The van der Waals surface area contributed by atoms with Gasteiger partial charge in [-0.05, 0) is 20.4 Å². The second kappa shape index (κ2) is 6.17. The number of carbonyl (C=O) groups is 1. The third-order valence-corrected chi connectivity index (χ3v) is 4.11. The summed E-state index contributed by atoms with van der Waals surface area (Å²) in [6.45, 7) is 3.97. The second-order valence-electron chi connectivity index (χ2n) is 3.90. The van der Waals surface area contributed by atoms with Crippen LogP contribution < -0.4 is 15.8 Å². The van der Waals surface area contributed by atoms with Gasteiger partial charge >= 0.3 is 0 Å². The van der Waals surface area contributed by atoms with Crippen molar-refractivity contribution in [1.29, 1.82) is 0 Å². The van der Waals surface area contributed by atoms with E-state index in [1.165, 1.54) is 7.05 Å². The van der Waals surface area contributed by atoms with Gasteiger partial charge in [0.05, 0.1) is 11.2 Å². The predicted molar refractivity (Wildman–Crippen MR) is 63.3 cm³/mol. The minimum Gasteiger partial charge on any atom is -0.355 e. The van der Waals surface area contributed by atoms with E-state index in [4.69, 9.17) is 5.73 Å². The van der Waals surface area contributed by atoms with Crippen molar-refractivity contribution in [2.45, 2.75) is 20.3 Å². The van der Waals surface area contributed by atoms with E-state index in [0.29, 0.717) is 6.42 Å². The van der Waals surface area contributed by atoms with Gasteiger partial charge in [0, 0.05) is 13.1 Å². The molecule has 0 spiro atoms. The van der Waals surface area contributed by atoms with Gasteiger partial charge in [0.15, 0.2) is 0 Å². The molecule has 1 unspecified atom stereocenters. The number of carbonyl (C=O) groups excluding carboxylic acids is 1. The van der Waals surface area contributed by atoms with E-state index >= 15 is 0 Å². The molecule has 7 heteroatoms. The Morgan fingerprint density at radius 3 is 2.38 bits per heavy atom. The molecule has 0 aromatic carbocycles. The van der Waals surface area contributed by atoms with Crippen LogP contribution in [0.2, 0.25) is 0 Å². The zero-order valence-electron chi connectivity index (χ0n) is 10.0. The monoisotopic (exact) mass is 251 g/mol. The minimum atomic E-state index is -3.27. The standard InChI is InChI=1S/C9H21N3O3S/c1-4-9(2,7-10)8(13)12-5-6-16(14,15)11-3/h11H,4-7,10H2,1-3H3,(H,12,13). The first-order chi connectivity index (χ1) is 7.31. The number of sulfonamides is 1. The van der Waals surface area contributed by atoms with Gasteiger partial charge in [-0.2, -0.15) is 0 Å². The summed E-state index contributed by atoms with van der Waals surface area (Å²) in [5.74, 6) is -0.330. The molecule has 0 rings (SSSR count). The number of rotatable bonds is 7. The van der Waals surface area contributed by atoms with Crippen molar-refractivity contribution < 1.29 is 13.2 Å². The maximum atomic E-state index is 11.7. The van der Waals surface area contributed by atoms with Crippen molar-refractivity contribution in [3.05, 3.63) is 0 Å². The number of hydrogen-bond donors (Lipinski definition) is 3. The Hall–Kier alpha value is -0.660. The molecule has 0 fully saturated rings. The van der Waals surface area contributed by atoms with Crippen LogP contribution in [0, 0.1) is 5.41 Å². The predicted octanol–water partition coefficient (Wildman–Crippen LogP) is -0.973. The van der Waals surface area contributed by atoms with Crippen LogP contribution in [0.25, 0.3) is 0 Å². The van der Waals surface area contributed by atoms with Crippen LogP contribution in [-0.4, -0.2) is 40.2 Å². The molecular formula is C9H21N3O3S. The number of hydrogen-bond acceptors (Lipinski definition) is 4. The van der Waals surface area contributed by atoms with Gasteiger partial charge in [0.2, 0.25) is 15.9 Å². The molecule has 0 aromatic rings. The smallest absolute Gasteiger partial charge is 0.227 e. The van der Waals surface area contributed by atoms with Gasteiger partial charge < -0.3 is 11.1 Å². The zero-order chi connectivity index (χ0) is 12.8. The van der Waals surface area contributed by atoms with Gasteiger partial charge in [-0.15, -0.1) is 0 Å². The molecule has 6 nitrogen and oxygen atoms in total. The first kappa shape index (κ1) is 15.3. The highest BCUT2D eigenvalue weighted by Gasteiger charge is 2.29. The molecule has 0 radical (unpaired) electrons. The Balaban J connectivity index is 4.19. The van der Waals surface area contributed by atoms with Gasteiger partial charge in [-0.1, -0.05) is 6.92 Å². The van der Waals surface area contributed by atoms with Crippen LogP contribution in [0.5, 0.6) is 0 Å². The highest BCUT2D eigenvalue weighted by atomic mass is 32.2. The van der Waals surface area contributed by atoms with Crippen LogP contribution in [0.1, 0.15) is 20.3 Å². The van der Waals surface area contributed by atoms with Gasteiger partial charge in [-0.25, -0.2) is 13.1 Å². The van der Waals surface area contributed by atoms with E-state index in [1.54, 1.807) is 6.92 Å². The molecule has 0 aliphatic heterocycles. The van der Waals surface area contributed by atoms with Crippen molar-refractivity contribution >= 4 is 15.9 Å². The lowest BCUT2D eigenvalue weighted by Gasteiger charge is -2.24. The fraction of sp³-hybridized carbons (Fsp3) is 0.889. The van der Waals surface area contributed by atoms with Crippen LogP contribution in [-0.2, 0) is 14.8 Å². The average molecular weight is 251 g/mol. The molecular weight excluding hydrogens is 230 g/mol. The van der Waals surface area contributed by atoms with Crippen molar-refractivity contribution in [1.82, 2.24) is 10.0 Å². The van der Waals surface area contributed by atoms with Crippen LogP contribution >= 0.6 is 0 Å². The summed E-state index contributed by atoms with van der Waals surface area (Å²) in [4.78, 5) is 11.7. The fourth-order valence-electron chi connectivity index (χ4n) is 1.01. The highest BCUT2D eigenvalue weighted by molar-refractivity contribution is 7.89. The summed E-state index contributed by atoms with van der Waals surface area (Å²) in [7, 11) is -1.93. The molecule has 4 N–H and O–H groups in total. The Labute approximate surface area is 97.0 Å². The lowest BCUT2D eigenvalue weighted by atomic mass is 9.87. The molecule has 16 heavy (non-hydrogen) atoms. The average Bonchev–Trinajstić information content (AvgIpc) is 2.27. The summed E-state index contributed by atoms with van der Waals surface area (Å²) < 4.78 is 24.3. The maximum absolute atomic E-state index is 11.7. The molecule has 0 saturated carbocycles. The Bertz CT molecular complexity index is 323. The number of nitrogens with two attached hydrogens (primary N) is 1. The van der Waals surface area contributed by atoms with Crippen molar-refractivity contribution in [2.75, 3.05) is 25.9 Å². The van der Waals surface area contributed by atoms with E-state index in [9.17, 15) is 13.2 Å². The molecule has 0 bridgehead atoms. The van der Waals surface area contributed by atoms with Crippen molar-refractivity contribution in [2.24, 2.45) is 11.1 Å². The summed E-state index contributed by atoms with van der Waals surface area (Å²) >= 11 is 0. The lowest BCUT2D eigenvalue weighted by molar-refractivity contribution is -0.129. The molecule has 0 aliphatic carbocycles. The lowest BCUT2D eigenvalue weighted by Crippen LogP contribution is -2.45. The summed E-state index contributed by atoms with van der Waals surface area (Å²) in [6.07, 6.45) is 0.619. The fourth-order valence-corrected chi connectivity index (χ4v) is 1.59. The summed E-state index contributed by atoms with van der Waals surface area (Å²) in [5, 5.41) is 2.58. The maximum Gasteiger partial charge on any atom is 0.227 e. The Morgan fingerprint density at radius 2 is 2.00 bits per heavy atom. The highest BCUT2D eigenvalue weighted by Crippen LogP contribution is 2.18. The molecule has 0 heterocycles. The van der Waals surface area contributed by atoms with Crippen molar-refractivity contribution in [3.63, 3.8) is 0 Å². The van der Waals surface area contributed by atoms with Crippen molar-refractivity contribution in [3.8, 4) is 0 Å². The number of nitrogens with one attached hydrogen (secondary N) is 2. The van der Waals surface area contributed by atoms with E-state index in [-0.39, 0.29) is 24.7 Å². The quantitative estimate of drug-likeness (QED) is 0.541. The molecule has 0 aromatic heterocycles. The molecule has 1 atom stereocenters. The van der Waals surface area contributed by atoms with E-state index in [2.05, 4.69) is 10.0 Å². The topological polar surface area (TPSA) is 101 Å². The molecule has 0 aliphatic rings. The first-order valence-electron chi connectivity index (χ1n) is 5.21. The van der Waals surface area contributed by atoms with E-state index in [0.717, 1.165) is 0 Å². The molecule has 1 amide bonds. The first-order valence-corrected chi connectivity index (χ1v) is 6.86. The molecule has 0 saturated heterocycles. The molecule has 96 valence electrons. The summed E-state index contributed by atoms with van der Waals surface area (Å²) in [5.41, 5.74) is 4.89.